The van der Waals surface area contributed by atoms with Crippen molar-refractivity contribution in [3.05, 3.63) is 51.9 Å². The first-order valence-corrected chi connectivity index (χ1v) is 11.0. The van der Waals surface area contributed by atoms with E-state index in [2.05, 4.69) is 25.3 Å². The molecule has 1 aliphatic rings. The number of rotatable bonds is 9. The van der Waals surface area contributed by atoms with E-state index in [0.717, 1.165) is 0 Å². The molecule has 13 heteroatoms. The minimum Gasteiger partial charge on any atom is -0.467 e. The van der Waals surface area contributed by atoms with Crippen LogP contribution < -0.4 is 15.4 Å². The van der Waals surface area contributed by atoms with Gasteiger partial charge < -0.3 is 20.3 Å². The highest BCUT2D eigenvalue weighted by Crippen LogP contribution is 2.34. The van der Waals surface area contributed by atoms with Crippen LogP contribution in [0.25, 0.3) is 0 Å². The van der Waals surface area contributed by atoms with Crippen LogP contribution in [0.15, 0.2) is 24.5 Å². The lowest BCUT2D eigenvalue weighted by atomic mass is 10.1. The molecule has 3 rings (SSSR count). The molecule has 9 nitrogen and oxygen atoms in total. The molecule has 0 aliphatic carbocycles. The smallest absolute Gasteiger partial charge is 0.422 e. The van der Waals surface area contributed by atoms with Crippen molar-refractivity contribution in [1.29, 1.82) is 0 Å². The Labute approximate surface area is 204 Å². The molecule has 2 aromatic heterocycles. The minimum absolute atomic E-state index is 0.0443. The Morgan fingerprint density at radius 1 is 1.26 bits per heavy atom. The van der Waals surface area contributed by atoms with Crippen LogP contribution in [0.4, 0.5) is 13.2 Å². The number of hydrogen-bond donors (Lipinski definition) is 2. The second-order valence-corrected chi connectivity index (χ2v) is 8.27. The third-order valence-corrected chi connectivity index (χ3v) is 5.54. The van der Waals surface area contributed by atoms with E-state index >= 15 is 0 Å². The third kappa shape index (κ3) is 6.81. The highest BCUT2D eigenvalue weighted by atomic mass is 35.5. The molecule has 1 aliphatic heterocycles. The van der Waals surface area contributed by atoms with Gasteiger partial charge in [0.2, 0.25) is 17.7 Å². The first kappa shape index (κ1) is 26.2. The number of pyridine rings is 2. The highest BCUT2D eigenvalue weighted by molar-refractivity contribution is 6.31. The second-order valence-electron chi connectivity index (χ2n) is 7.86. The summed E-state index contributed by atoms with van der Waals surface area (Å²) in [6.45, 7) is 2.32. The van der Waals surface area contributed by atoms with Gasteiger partial charge in [0.05, 0.1) is 18.2 Å². The Hall–Kier alpha value is -3.41. The van der Waals surface area contributed by atoms with Crippen molar-refractivity contribution in [3.63, 3.8) is 0 Å². The van der Waals surface area contributed by atoms with Crippen molar-refractivity contribution in [2.75, 3.05) is 19.7 Å². The van der Waals surface area contributed by atoms with Gasteiger partial charge in [-0.3, -0.25) is 19.4 Å². The fraction of sp³-hybridized carbons (Fsp3) is 0.409. The number of halogens is 4. The molecule has 0 bridgehead atoms. The maximum Gasteiger partial charge on any atom is 0.422 e. The molecule has 188 valence electrons. The van der Waals surface area contributed by atoms with E-state index in [0.29, 0.717) is 28.9 Å². The topological polar surface area (TPSA) is 114 Å². The minimum atomic E-state index is -4.53. The first-order valence-electron chi connectivity index (χ1n) is 10.6. The lowest BCUT2D eigenvalue weighted by Gasteiger charge is -2.25. The number of aromatic nitrogens is 2. The van der Waals surface area contributed by atoms with Crippen molar-refractivity contribution >= 4 is 29.3 Å². The van der Waals surface area contributed by atoms with Gasteiger partial charge >= 0.3 is 6.18 Å². The standard InChI is InChI=1S/C22H23ClF3N5O4/c1-12(14-7-17(23)20(30-9-14)35-11-22(24,25)26)31-10-16-15(21(31)34)3-4-28-18(16)8-19(33)29-6-5-27-13(2)32/h3-4,7,9,12H,5-6,8,10-11H2,1-2H3,(H,27,32)(H,29,33). The van der Waals surface area contributed by atoms with E-state index in [1.165, 1.54) is 30.3 Å². The van der Waals surface area contributed by atoms with Gasteiger partial charge in [0, 0.05) is 50.1 Å². The summed E-state index contributed by atoms with van der Waals surface area (Å²) in [7, 11) is 0. The van der Waals surface area contributed by atoms with Gasteiger partial charge in [0.25, 0.3) is 5.91 Å². The fourth-order valence-corrected chi connectivity index (χ4v) is 3.76. The molecule has 0 radical (unpaired) electrons. The average molecular weight is 514 g/mol. The summed E-state index contributed by atoms with van der Waals surface area (Å²) in [5, 5.41) is 5.15. The van der Waals surface area contributed by atoms with Crippen LogP contribution in [0.2, 0.25) is 5.02 Å². The Morgan fingerprint density at radius 2 is 1.97 bits per heavy atom. The SMILES string of the molecule is CC(=O)NCCNC(=O)Cc1nccc2c1CN(C(C)c1cnc(OCC(F)(F)F)c(Cl)c1)C2=O. The van der Waals surface area contributed by atoms with Crippen LogP contribution in [0, 0.1) is 0 Å². The predicted octanol–water partition coefficient (Wildman–Crippen LogP) is 2.58. The van der Waals surface area contributed by atoms with Gasteiger partial charge in [-0.05, 0) is 24.6 Å². The van der Waals surface area contributed by atoms with Gasteiger partial charge in [-0.15, -0.1) is 0 Å². The maximum absolute atomic E-state index is 13.0. The van der Waals surface area contributed by atoms with Crippen molar-refractivity contribution in [1.82, 2.24) is 25.5 Å². The fourth-order valence-electron chi connectivity index (χ4n) is 3.53. The molecule has 0 saturated carbocycles. The number of nitrogens with zero attached hydrogens (tertiary/aromatic N) is 3. The lowest BCUT2D eigenvalue weighted by molar-refractivity contribution is -0.154. The molecule has 3 amide bonds. The molecule has 0 aromatic carbocycles. The number of nitrogens with one attached hydrogen (secondary N) is 2. The summed E-state index contributed by atoms with van der Waals surface area (Å²) in [4.78, 5) is 45.9. The molecule has 2 aromatic rings. The number of fused-ring (bicyclic) bond motifs is 1. The second kappa shape index (κ2) is 10.9. The average Bonchev–Trinajstić information content (AvgIpc) is 3.12. The third-order valence-electron chi connectivity index (χ3n) is 5.26. The Balaban J connectivity index is 1.68. The predicted molar refractivity (Wildman–Crippen MR) is 119 cm³/mol. The van der Waals surface area contributed by atoms with Gasteiger partial charge in [0.1, 0.15) is 5.02 Å². The van der Waals surface area contributed by atoms with Crippen LogP contribution in [-0.2, 0) is 22.6 Å². The van der Waals surface area contributed by atoms with Crippen LogP contribution in [0.1, 0.15) is 47.1 Å². The highest BCUT2D eigenvalue weighted by Gasteiger charge is 2.34. The molecule has 35 heavy (non-hydrogen) atoms. The monoisotopic (exact) mass is 513 g/mol. The number of ether oxygens (including phenoxy) is 1. The zero-order valence-electron chi connectivity index (χ0n) is 18.9. The van der Waals surface area contributed by atoms with Gasteiger partial charge in [-0.25, -0.2) is 4.98 Å². The molecule has 0 fully saturated rings. The molecule has 3 heterocycles. The van der Waals surface area contributed by atoms with Crippen LogP contribution in [0.5, 0.6) is 5.88 Å². The summed E-state index contributed by atoms with van der Waals surface area (Å²) in [6.07, 6.45) is -1.81. The van der Waals surface area contributed by atoms with Gasteiger partial charge in [0.15, 0.2) is 6.61 Å². The molecule has 1 atom stereocenters. The molecule has 1 unspecified atom stereocenters. The number of hydrogen-bond acceptors (Lipinski definition) is 6. The summed E-state index contributed by atoms with van der Waals surface area (Å²) in [5.41, 5.74) is 1.98. The lowest BCUT2D eigenvalue weighted by Crippen LogP contribution is -2.34. The van der Waals surface area contributed by atoms with E-state index in [1.54, 1.807) is 13.0 Å². The Kier molecular flexibility index (Phi) is 8.15. The molecular weight excluding hydrogens is 491 g/mol. The van der Waals surface area contributed by atoms with E-state index < -0.39 is 18.8 Å². The van der Waals surface area contributed by atoms with Gasteiger partial charge in [-0.1, -0.05) is 11.6 Å². The van der Waals surface area contributed by atoms with E-state index in [9.17, 15) is 27.6 Å². The molecule has 2 N–H and O–H groups in total. The normalized spacial score (nSPS) is 13.9. The Morgan fingerprint density at radius 3 is 2.63 bits per heavy atom. The van der Waals surface area contributed by atoms with Crippen molar-refractivity contribution in [2.24, 2.45) is 0 Å². The zero-order chi connectivity index (χ0) is 25.8. The van der Waals surface area contributed by atoms with Crippen LogP contribution in [0.3, 0.4) is 0 Å². The van der Waals surface area contributed by atoms with Gasteiger partial charge in [-0.2, -0.15) is 13.2 Å². The van der Waals surface area contributed by atoms with E-state index in [1.807, 2.05) is 0 Å². The number of alkyl halides is 3. The quantitative estimate of drug-likeness (QED) is 0.498. The van der Waals surface area contributed by atoms with E-state index in [-0.39, 0.29) is 48.1 Å². The zero-order valence-corrected chi connectivity index (χ0v) is 19.7. The summed E-state index contributed by atoms with van der Waals surface area (Å²) in [6, 6.07) is 2.46. The van der Waals surface area contributed by atoms with Crippen LogP contribution >= 0.6 is 11.6 Å². The summed E-state index contributed by atoms with van der Waals surface area (Å²) < 4.78 is 41.8. The van der Waals surface area contributed by atoms with Crippen LogP contribution in [-0.4, -0.2) is 58.5 Å². The number of carbonyl (C=O) groups excluding carboxylic acids is 3. The van der Waals surface area contributed by atoms with Crippen molar-refractivity contribution < 1.29 is 32.3 Å². The van der Waals surface area contributed by atoms with Crippen molar-refractivity contribution in [2.45, 2.75) is 39.0 Å². The number of amides is 3. The summed E-state index contributed by atoms with van der Waals surface area (Å²) >= 11 is 6.05. The summed E-state index contributed by atoms with van der Waals surface area (Å²) in [5.74, 6) is -1.14. The Bertz CT molecular complexity index is 1130. The van der Waals surface area contributed by atoms with E-state index in [4.69, 9.17) is 11.6 Å². The maximum atomic E-state index is 13.0. The molecule has 0 spiro atoms. The largest absolute Gasteiger partial charge is 0.467 e. The van der Waals surface area contributed by atoms with Crippen molar-refractivity contribution in [3.8, 4) is 5.88 Å². The molecular formula is C22H23ClF3N5O4. The first-order chi connectivity index (χ1) is 16.5. The molecule has 0 saturated heterocycles. The number of carbonyl (C=O) groups is 3.